The van der Waals surface area contributed by atoms with Crippen LogP contribution in [-0.2, 0) is 4.74 Å². The van der Waals surface area contributed by atoms with Crippen LogP contribution in [0.4, 0.5) is 5.82 Å². The number of nitrogens with zero attached hydrogens (tertiary/aromatic N) is 3. The van der Waals surface area contributed by atoms with Crippen molar-refractivity contribution in [1.82, 2.24) is 4.98 Å². The topological polar surface area (TPSA) is 75.2 Å². The van der Waals surface area contributed by atoms with Crippen molar-refractivity contribution >= 4 is 16.7 Å². The molecule has 1 aromatic carbocycles. The highest BCUT2D eigenvalue weighted by atomic mass is 16.5. The molecule has 0 bridgehead atoms. The number of anilines is 1. The van der Waals surface area contributed by atoms with Crippen LogP contribution in [0.5, 0.6) is 0 Å². The van der Waals surface area contributed by atoms with Gasteiger partial charge in [0.25, 0.3) is 0 Å². The molecule has 1 aliphatic rings. The number of ether oxygens (including phenoxy) is 1. The zero-order valence-electron chi connectivity index (χ0n) is 13.0. The Kier molecular flexibility index (Phi) is 3.97. The predicted molar refractivity (Wildman–Crippen MR) is 86.8 cm³/mol. The van der Waals surface area contributed by atoms with E-state index in [1.807, 2.05) is 26.0 Å². The predicted octanol–water partition coefficient (Wildman–Crippen LogP) is 2.27. The van der Waals surface area contributed by atoms with Gasteiger partial charge < -0.3 is 15.4 Å². The molecule has 2 heterocycles. The van der Waals surface area contributed by atoms with Crippen molar-refractivity contribution in [1.29, 1.82) is 5.26 Å². The molecule has 2 N–H and O–H groups in total. The highest BCUT2D eigenvalue weighted by molar-refractivity contribution is 5.90. The maximum Gasteiger partial charge on any atom is 0.130 e. The summed E-state index contributed by atoms with van der Waals surface area (Å²) < 4.78 is 5.39. The number of hydrogen-bond acceptors (Lipinski definition) is 5. The van der Waals surface area contributed by atoms with Gasteiger partial charge in [0.15, 0.2) is 0 Å². The van der Waals surface area contributed by atoms with Crippen molar-refractivity contribution in [2.75, 3.05) is 31.2 Å². The molecule has 0 spiro atoms. The first-order chi connectivity index (χ1) is 10.6. The van der Waals surface area contributed by atoms with Gasteiger partial charge in [-0.05, 0) is 31.5 Å². The van der Waals surface area contributed by atoms with Crippen LogP contribution in [0.1, 0.15) is 29.7 Å². The molecular weight excluding hydrogens is 276 g/mol. The van der Waals surface area contributed by atoms with Gasteiger partial charge >= 0.3 is 0 Å². The molecule has 5 heteroatoms. The van der Waals surface area contributed by atoms with E-state index < -0.39 is 0 Å². The summed E-state index contributed by atoms with van der Waals surface area (Å²) in [5.74, 6) is 0.832. The lowest BCUT2D eigenvalue weighted by Crippen LogP contribution is -2.36. The van der Waals surface area contributed by atoms with E-state index in [1.54, 1.807) is 0 Å². The molecule has 2 aromatic rings. The average molecular weight is 296 g/mol. The van der Waals surface area contributed by atoms with Crippen molar-refractivity contribution in [3.8, 4) is 6.07 Å². The van der Waals surface area contributed by atoms with Gasteiger partial charge in [0, 0.05) is 24.5 Å². The first-order valence-corrected chi connectivity index (χ1v) is 7.54. The number of rotatable bonds is 2. The maximum atomic E-state index is 9.53. The lowest BCUT2D eigenvalue weighted by molar-refractivity contribution is 0.122. The molecule has 0 amide bonds. The number of fused-ring (bicyclic) bond motifs is 1. The minimum absolute atomic E-state index is 0.124. The van der Waals surface area contributed by atoms with E-state index in [1.165, 1.54) is 0 Å². The van der Waals surface area contributed by atoms with E-state index >= 15 is 0 Å². The third-order valence-corrected chi connectivity index (χ3v) is 4.02. The first-order valence-electron chi connectivity index (χ1n) is 7.54. The summed E-state index contributed by atoms with van der Waals surface area (Å²) in [4.78, 5) is 6.97. The Balaban J connectivity index is 2.23. The zero-order chi connectivity index (χ0) is 15.7. The number of benzene rings is 1. The van der Waals surface area contributed by atoms with Crippen LogP contribution in [0.15, 0.2) is 18.2 Å². The van der Waals surface area contributed by atoms with Gasteiger partial charge in [-0.3, -0.25) is 0 Å². The normalized spacial score (nSPS) is 16.5. The van der Waals surface area contributed by atoms with E-state index in [0.717, 1.165) is 40.9 Å². The van der Waals surface area contributed by atoms with Gasteiger partial charge in [0.1, 0.15) is 5.82 Å². The van der Waals surface area contributed by atoms with E-state index in [0.29, 0.717) is 18.8 Å². The summed E-state index contributed by atoms with van der Waals surface area (Å²) >= 11 is 0. The van der Waals surface area contributed by atoms with Crippen LogP contribution in [0.3, 0.4) is 0 Å². The molecule has 5 nitrogen and oxygen atoms in total. The summed E-state index contributed by atoms with van der Waals surface area (Å²) in [5.41, 5.74) is 9.68. The molecule has 1 fully saturated rings. The molecule has 3 rings (SSSR count). The first kappa shape index (κ1) is 14.8. The minimum atomic E-state index is -0.124. The van der Waals surface area contributed by atoms with Crippen molar-refractivity contribution < 1.29 is 4.74 Å². The second-order valence-corrected chi connectivity index (χ2v) is 5.78. The summed E-state index contributed by atoms with van der Waals surface area (Å²) in [6.07, 6.45) is 0. The number of pyridine rings is 1. The lowest BCUT2D eigenvalue weighted by Gasteiger charge is -2.28. The number of aryl methyl sites for hydroxylation is 1. The van der Waals surface area contributed by atoms with Gasteiger partial charge in [0.2, 0.25) is 0 Å². The van der Waals surface area contributed by atoms with Crippen molar-refractivity contribution in [3.63, 3.8) is 0 Å². The third-order valence-electron chi connectivity index (χ3n) is 4.02. The van der Waals surface area contributed by atoms with E-state index in [-0.39, 0.29) is 6.04 Å². The Bertz CT molecular complexity index is 742. The number of aromatic nitrogens is 1. The number of nitriles is 1. The SMILES string of the molecule is Cc1cc(C(C)N)c2nc(N3CCOCC3)cc(C#N)c2c1. The van der Waals surface area contributed by atoms with Crippen LogP contribution in [0.25, 0.3) is 10.9 Å². The molecular formula is C17H20N4O. The summed E-state index contributed by atoms with van der Waals surface area (Å²) in [6, 6.07) is 8.12. The standard InChI is InChI=1S/C17H20N4O/c1-11-7-14(12(2)19)17-15(8-11)13(10-18)9-16(20-17)21-3-5-22-6-4-21/h7-9,12H,3-6,19H2,1-2H3. The molecule has 0 saturated carbocycles. The molecule has 0 aliphatic carbocycles. The molecule has 22 heavy (non-hydrogen) atoms. The maximum absolute atomic E-state index is 9.53. The number of morpholine rings is 1. The summed E-state index contributed by atoms with van der Waals surface area (Å²) in [7, 11) is 0. The number of hydrogen-bond donors (Lipinski definition) is 1. The molecule has 1 unspecified atom stereocenters. The largest absolute Gasteiger partial charge is 0.378 e. The molecule has 1 saturated heterocycles. The second-order valence-electron chi connectivity index (χ2n) is 5.78. The third kappa shape index (κ3) is 2.63. The second kappa shape index (κ2) is 5.91. The highest BCUT2D eigenvalue weighted by Crippen LogP contribution is 2.29. The average Bonchev–Trinajstić information content (AvgIpc) is 2.53. The van der Waals surface area contributed by atoms with E-state index in [9.17, 15) is 5.26 Å². The molecule has 0 radical (unpaired) electrons. The fourth-order valence-electron chi connectivity index (χ4n) is 2.88. The Hall–Kier alpha value is -2.16. The Morgan fingerprint density at radius 1 is 1.32 bits per heavy atom. The smallest absolute Gasteiger partial charge is 0.130 e. The molecule has 1 aliphatic heterocycles. The summed E-state index contributed by atoms with van der Waals surface area (Å²) in [5, 5.41) is 10.4. The van der Waals surface area contributed by atoms with Crippen LogP contribution in [0, 0.1) is 18.3 Å². The van der Waals surface area contributed by atoms with Crippen LogP contribution in [-0.4, -0.2) is 31.3 Å². The van der Waals surface area contributed by atoms with Crippen molar-refractivity contribution in [2.45, 2.75) is 19.9 Å². The summed E-state index contributed by atoms with van der Waals surface area (Å²) in [6.45, 7) is 6.93. The molecule has 1 atom stereocenters. The van der Waals surface area contributed by atoms with E-state index in [4.69, 9.17) is 15.5 Å². The van der Waals surface area contributed by atoms with Gasteiger partial charge in [0.05, 0.1) is 30.4 Å². The highest BCUT2D eigenvalue weighted by Gasteiger charge is 2.17. The lowest BCUT2D eigenvalue weighted by atomic mass is 9.98. The van der Waals surface area contributed by atoms with Gasteiger partial charge in [-0.1, -0.05) is 11.6 Å². The quantitative estimate of drug-likeness (QED) is 0.920. The van der Waals surface area contributed by atoms with Gasteiger partial charge in [-0.2, -0.15) is 5.26 Å². The van der Waals surface area contributed by atoms with Crippen LogP contribution >= 0.6 is 0 Å². The van der Waals surface area contributed by atoms with Gasteiger partial charge in [-0.25, -0.2) is 4.98 Å². The fourth-order valence-corrected chi connectivity index (χ4v) is 2.88. The monoisotopic (exact) mass is 296 g/mol. The minimum Gasteiger partial charge on any atom is -0.378 e. The van der Waals surface area contributed by atoms with Crippen LogP contribution in [0.2, 0.25) is 0 Å². The molecule has 114 valence electrons. The Morgan fingerprint density at radius 2 is 2.05 bits per heavy atom. The molecule has 1 aromatic heterocycles. The van der Waals surface area contributed by atoms with Crippen molar-refractivity contribution in [2.24, 2.45) is 5.73 Å². The Labute approximate surface area is 130 Å². The van der Waals surface area contributed by atoms with Gasteiger partial charge in [-0.15, -0.1) is 0 Å². The fraction of sp³-hybridized carbons (Fsp3) is 0.412. The van der Waals surface area contributed by atoms with Crippen molar-refractivity contribution in [3.05, 3.63) is 34.9 Å². The zero-order valence-corrected chi connectivity index (χ0v) is 13.0. The number of nitrogens with two attached hydrogens (primary N) is 1. The van der Waals surface area contributed by atoms with E-state index in [2.05, 4.69) is 17.0 Å². The Morgan fingerprint density at radius 3 is 2.68 bits per heavy atom. The van der Waals surface area contributed by atoms with Crippen LogP contribution < -0.4 is 10.6 Å².